The number of aliphatic hydroxyl groups is 1. The highest BCUT2D eigenvalue weighted by Gasteiger charge is 2.35. The van der Waals surface area contributed by atoms with E-state index >= 15 is 0 Å². The van der Waals surface area contributed by atoms with Crippen molar-refractivity contribution in [3.8, 4) is 0 Å². The van der Waals surface area contributed by atoms with E-state index in [1.807, 2.05) is 45.3 Å². The van der Waals surface area contributed by atoms with E-state index in [0.29, 0.717) is 18.3 Å². The summed E-state index contributed by atoms with van der Waals surface area (Å²) in [5.41, 5.74) is 7.89. The van der Waals surface area contributed by atoms with E-state index in [2.05, 4.69) is 30.1 Å². The van der Waals surface area contributed by atoms with Gasteiger partial charge in [-0.3, -0.25) is 4.90 Å². The molecule has 1 aliphatic heterocycles. The van der Waals surface area contributed by atoms with Crippen molar-refractivity contribution in [3.05, 3.63) is 35.7 Å². The van der Waals surface area contributed by atoms with Crippen LogP contribution in [0.2, 0.25) is 0 Å². The summed E-state index contributed by atoms with van der Waals surface area (Å²) in [6.07, 6.45) is 2.07. The number of rotatable bonds is 7. The van der Waals surface area contributed by atoms with Crippen LogP contribution in [0.3, 0.4) is 0 Å². The van der Waals surface area contributed by atoms with Crippen LogP contribution in [0.4, 0.5) is 17.6 Å². The second-order valence-electron chi connectivity index (χ2n) is 8.14. The molecule has 0 saturated carbocycles. The second-order valence-corrected chi connectivity index (χ2v) is 8.14. The van der Waals surface area contributed by atoms with Gasteiger partial charge >= 0.3 is 0 Å². The number of piperidine rings is 1. The predicted molar refractivity (Wildman–Crippen MR) is 111 cm³/mol. The standard InChI is InChI=1S/C20H31N7O/c1-15-6-4-7-16(10-15)22-19-24-17(23-18(21)25-19)11-27-9-5-8-20(13-27,14-28)12-26(2)3/h4,6-7,10,28H,5,8-9,11-14H2,1-3H3,(H3,21,22,23,24,25). The minimum atomic E-state index is -0.108. The summed E-state index contributed by atoms with van der Waals surface area (Å²) < 4.78 is 0. The summed E-state index contributed by atoms with van der Waals surface area (Å²) in [4.78, 5) is 17.5. The van der Waals surface area contributed by atoms with Crippen LogP contribution in [0.5, 0.6) is 0 Å². The number of anilines is 3. The van der Waals surface area contributed by atoms with Crippen LogP contribution < -0.4 is 11.1 Å². The summed E-state index contributed by atoms with van der Waals surface area (Å²) in [6.45, 7) is 5.44. The van der Waals surface area contributed by atoms with Crippen molar-refractivity contribution >= 4 is 17.6 Å². The Balaban J connectivity index is 1.72. The van der Waals surface area contributed by atoms with Gasteiger partial charge in [-0.2, -0.15) is 15.0 Å². The molecule has 0 radical (unpaired) electrons. The van der Waals surface area contributed by atoms with E-state index in [1.165, 1.54) is 0 Å². The number of benzene rings is 1. The van der Waals surface area contributed by atoms with Gasteiger partial charge in [-0.05, 0) is 58.1 Å². The Morgan fingerprint density at radius 3 is 2.82 bits per heavy atom. The molecule has 3 rings (SSSR count). The predicted octanol–water partition coefficient (Wildman–Crippen LogP) is 1.64. The van der Waals surface area contributed by atoms with Crippen molar-refractivity contribution in [1.29, 1.82) is 0 Å². The van der Waals surface area contributed by atoms with E-state index in [0.717, 1.165) is 43.7 Å². The Morgan fingerprint density at radius 2 is 2.11 bits per heavy atom. The molecule has 0 amide bonds. The first-order valence-electron chi connectivity index (χ1n) is 9.70. The maximum absolute atomic E-state index is 10.0. The van der Waals surface area contributed by atoms with Crippen molar-refractivity contribution < 1.29 is 5.11 Å². The zero-order chi connectivity index (χ0) is 20.1. The van der Waals surface area contributed by atoms with Gasteiger partial charge in [-0.15, -0.1) is 0 Å². The summed E-state index contributed by atoms with van der Waals surface area (Å²) in [7, 11) is 4.10. The van der Waals surface area contributed by atoms with E-state index in [9.17, 15) is 5.11 Å². The van der Waals surface area contributed by atoms with Crippen LogP contribution in [-0.4, -0.2) is 70.2 Å². The molecule has 2 aromatic rings. The molecular weight excluding hydrogens is 354 g/mol. The van der Waals surface area contributed by atoms with Crippen molar-refractivity contribution in [3.63, 3.8) is 0 Å². The van der Waals surface area contributed by atoms with Crippen molar-refractivity contribution in [1.82, 2.24) is 24.8 Å². The highest BCUT2D eigenvalue weighted by Crippen LogP contribution is 2.31. The fourth-order valence-corrected chi connectivity index (χ4v) is 4.04. The van der Waals surface area contributed by atoms with Gasteiger partial charge in [0.2, 0.25) is 11.9 Å². The molecule has 28 heavy (non-hydrogen) atoms. The maximum atomic E-state index is 10.0. The summed E-state index contributed by atoms with van der Waals surface area (Å²) in [5.74, 6) is 1.30. The van der Waals surface area contributed by atoms with Crippen LogP contribution in [-0.2, 0) is 6.54 Å². The van der Waals surface area contributed by atoms with Gasteiger partial charge in [-0.1, -0.05) is 12.1 Å². The van der Waals surface area contributed by atoms with Crippen LogP contribution in [0, 0.1) is 12.3 Å². The third kappa shape index (κ3) is 5.37. The van der Waals surface area contributed by atoms with Crippen molar-refractivity contribution in [2.24, 2.45) is 5.41 Å². The first-order chi connectivity index (χ1) is 13.4. The minimum Gasteiger partial charge on any atom is -0.396 e. The SMILES string of the molecule is Cc1cccc(Nc2nc(N)nc(CN3CCCC(CO)(CN(C)C)C3)n2)c1. The molecule has 0 bridgehead atoms. The van der Waals surface area contributed by atoms with Gasteiger partial charge < -0.3 is 21.1 Å². The third-order valence-electron chi connectivity index (χ3n) is 5.07. The lowest BCUT2D eigenvalue weighted by molar-refractivity contribution is 0.00967. The molecule has 8 nitrogen and oxygen atoms in total. The van der Waals surface area contributed by atoms with Crippen molar-refractivity contribution in [2.45, 2.75) is 26.3 Å². The van der Waals surface area contributed by atoms with Crippen LogP contribution in [0.15, 0.2) is 24.3 Å². The van der Waals surface area contributed by atoms with Gasteiger partial charge in [0.05, 0.1) is 13.2 Å². The van der Waals surface area contributed by atoms with E-state index < -0.39 is 0 Å². The fraction of sp³-hybridized carbons (Fsp3) is 0.550. The Bertz CT molecular complexity index is 798. The minimum absolute atomic E-state index is 0.108. The first kappa shape index (κ1) is 20.4. The molecule has 1 aromatic carbocycles. The molecular formula is C20H31N7O. The Labute approximate surface area is 166 Å². The summed E-state index contributed by atoms with van der Waals surface area (Å²) >= 11 is 0. The van der Waals surface area contributed by atoms with Crippen molar-refractivity contribution in [2.75, 3.05) is 51.4 Å². The molecule has 4 N–H and O–H groups in total. The molecule has 1 aromatic heterocycles. The Morgan fingerprint density at radius 1 is 1.29 bits per heavy atom. The number of nitrogens with two attached hydrogens (primary N) is 1. The van der Waals surface area contributed by atoms with Gasteiger partial charge in [0.1, 0.15) is 5.82 Å². The lowest BCUT2D eigenvalue weighted by atomic mass is 9.80. The van der Waals surface area contributed by atoms with Crippen LogP contribution >= 0.6 is 0 Å². The zero-order valence-corrected chi connectivity index (χ0v) is 17.0. The number of nitrogens with one attached hydrogen (secondary N) is 1. The van der Waals surface area contributed by atoms with Gasteiger partial charge in [0.15, 0.2) is 0 Å². The number of nitrogen functional groups attached to an aromatic ring is 1. The van der Waals surface area contributed by atoms with Gasteiger partial charge in [-0.25, -0.2) is 0 Å². The Kier molecular flexibility index (Phi) is 6.43. The first-order valence-corrected chi connectivity index (χ1v) is 9.70. The number of likely N-dealkylation sites (tertiary alicyclic amines) is 1. The normalized spacial score (nSPS) is 20.5. The van der Waals surface area contributed by atoms with E-state index in [4.69, 9.17) is 5.73 Å². The molecule has 1 unspecified atom stereocenters. The fourth-order valence-electron chi connectivity index (χ4n) is 4.04. The molecule has 0 aliphatic carbocycles. The number of aromatic nitrogens is 3. The third-order valence-corrected chi connectivity index (χ3v) is 5.07. The number of nitrogens with zero attached hydrogens (tertiary/aromatic N) is 5. The molecule has 152 valence electrons. The number of aliphatic hydroxyl groups excluding tert-OH is 1. The summed E-state index contributed by atoms with van der Waals surface area (Å²) in [6, 6.07) is 8.02. The molecule has 1 atom stereocenters. The molecule has 1 aliphatic rings. The molecule has 1 fully saturated rings. The highest BCUT2D eigenvalue weighted by atomic mass is 16.3. The number of hydrogen-bond donors (Lipinski definition) is 3. The molecule has 1 saturated heterocycles. The number of hydrogen-bond acceptors (Lipinski definition) is 8. The molecule has 0 spiro atoms. The maximum Gasteiger partial charge on any atom is 0.232 e. The smallest absolute Gasteiger partial charge is 0.232 e. The quantitative estimate of drug-likeness (QED) is 0.661. The summed E-state index contributed by atoms with van der Waals surface area (Å²) in [5, 5.41) is 13.2. The topological polar surface area (TPSA) is 103 Å². The average Bonchev–Trinajstić information content (AvgIpc) is 2.61. The largest absolute Gasteiger partial charge is 0.396 e. The lowest BCUT2D eigenvalue weighted by Crippen LogP contribution is -2.50. The lowest BCUT2D eigenvalue weighted by Gasteiger charge is -2.43. The molecule has 2 heterocycles. The zero-order valence-electron chi connectivity index (χ0n) is 17.0. The van der Waals surface area contributed by atoms with Crippen LogP contribution in [0.25, 0.3) is 0 Å². The van der Waals surface area contributed by atoms with Crippen LogP contribution in [0.1, 0.15) is 24.2 Å². The highest BCUT2D eigenvalue weighted by molar-refractivity contribution is 5.54. The van der Waals surface area contributed by atoms with E-state index in [1.54, 1.807) is 0 Å². The second kappa shape index (κ2) is 8.81. The van der Waals surface area contributed by atoms with Gasteiger partial charge in [0, 0.05) is 24.2 Å². The Hall–Kier alpha value is -2.29. The van der Waals surface area contributed by atoms with E-state index in [-0.39, 0.29) is 18.0 Å². The average molecular weight is 386 g/mol. The molecule has 8 heteroatoms. The monoisotopic (exact) mass is 385 g/mol. The van der Waals surface area contributed by atoms with Gasteiger partial charge in [0.25, 0.3) is 0 Å². The number of aryl methyl sites for hydroxylation is 1.